The van der Waals surface area contributed by atoms with Crippen LogP contribution in [0, 0.1) is 6.92 Å². The molecule has 1 aromatic heterocycles. The fraction of sp³-hybridized carbons (Fsp3) is 0.267. The zero-order valence-electron chi connectivity index (χ0n) is 11.0. The second kappa shape index (κ2) is 5.65. The van der Waals surface area contributed by atoms with Crippen molar-refractivity contribution in [3.63, 3.8) is 0 Å². The topological polar surface area (TPSA) is 34.2 Å². The number of nitrogens with one attached hydrogen (secondary N) is 1. The molecule has 0 aliphatic heterocycles. The third-order valence-corrected chi connectivity index (χ3v) is 3.00. The molecule has 0 saturated heterocycles. The largest absolute Gasteiger partial charge is 0.438 e. The molecule has 3 heteroatoms. The van der Waals surface area contributed by atoms with Crippen molar-refractivity contribution in [2.24, 2.45) is 0 Å². The Bertz CT molecular complexity index is 525. The molecule has 1 unspecified atom stereocenters. The standard InChI is InChI=1S/C15H18N2O/c1-11-7-4-5-9-14(11)18-15-13(12(2)16-3)8-6-10-17-15/h4-10,12,16H,1-3H3. The highest BCUT2D eigenvalue weighted by Crippen LogP contribution is 2.28. The third kappa shape index (κ3) is 2.68. The number of pyridine rings is 1. The molecule has 0 radical (unpaired) electrons. The molecule has 0 saturated carbocycles. The molecule has 0 spiro atoms. The number of nitrogens with zero attached hydrogens (tertiary/aromatic N) is 1. The number of hydrogen-bond acceptors (Lipinski definition) is 3. The number of benzene rings is 1. The quantitative estimate of drug-likeness (QED) is 0.891. The summed E-state index contributed by atoms with van der Waals surface area (Å²) in [7, 11) is 1.93. The van der Waals surface area contributed by atoms with Crippen LogP contribution in [-0.4, -0.2) is 12.0 Å². The number of para-hydroxylation sites is 1. The minimum Gasteiger partial charge on any atom is -0.438 e. The number of aryl methyl sites for hydroxylation is 1. The first-order chi connectivity index (χ1) is 8.72. The summed E-state index contributed by atoms with van der Waals surface area (Å²) in [6.07, 6.45) is 1.75. The SMILES string of the molecule is CNC(C)c1cccnc1Oc1ccccc1C. The van der Waals surface area contributed by atoms with Crippen molar-refractivity contribution >= 4 is 0 Å². The van der Waals surface area contributed by atoms with E-state index in [9.17, 15) is 0 Å². The van der Waals surface area contributed by atoms with Crippen molar-refractivity contribution in [1.82, 2.24) is 10.3 Å². The fourth-order valence-corrected chi connectivity index (χ4v) is 1.75. The van der Waals surface area contributed by atoms with Gasteiger partial charge in [0.15, 0.2) is 0 Å². The van der Waals surface area contributed by atoms with Crippen molar-refractivity contribution in [1.29, 1.82) is 0 Å². The van der Waals surface area contributed by atoms with E-state index in [0.717, 1.165) is 16.9 Å². The summed E-state index contributed by atoms with van der Waals surface area (Å²) in [6.45, 7) is 4.11. The van der Waals surface area contributed by atoms with E-state index in [2.05, 4.69) is 17.2 Å². The van der Waals surface area contributed by atoms with Crippen LogP contribution >= 0.6 is 0 Å². The molecule has 1 atom stereocenters. The molecule has 0 fully saturated rings. The second-order valence-electron chi connectivity index (χ2n) is 4.28. The van der Waals surface area contributed by atoms with Gasteiger partial charge in [-0.1, -0.05) is 24.3 Å². The van der Waals surface area contributed by atoms with Crippen LogP contribution in [0.25, 0.3) is 0 Å². The molecule has 0 aliphatic carbocycles. The van der Waals surface area contributed by atoms with E-state index in [1.54, 1.807) is 6.20 Å². The van der Waals surface area contributed by atoms with Gasteiger partial charge in [0, 0.05) is 17.8 Å². The van der Waals surface area contributed by atoms with Gasteiger partial charge < -0.3 is 10.1 Å². The maximum atomic E-state index is 5.91. The Morgan fingerprint density at radius 1 is 1.17 bits per heavy atom. The van der Waals surface area contributed by atoms with Gasteiger partial charge in [-0.3, -0.25) is 0 Å². The summed E-state index contributed by atoms with van der Waals surface area (Å²) in [6, 6.07) is 12.1. The van der Waals surface area contributed by atoms with E-state index in [-0.39, 0.29) is 6.04 Å². The smallest absolute Gasteiger partial charge is 0.223 e. The lowest BCUT2D eigenvalue weighted by molar-refractivity contribution is 0.444. The second-order valence-corrected chi connectivity index (χ2v) is 4.28. The zero-order valence-corrected chi connectivity index (χ0v) is 11.0. The molecule has 2 rings (SSSR count). The maximum Gasteiger partial charge on any atom is 0.223 e. The van der Waals surface area contributed by atoms with Gasteiger partial charge in [0.1, 0.15) is 5.75 Å². The molecule has 0 bridgehead atoms. The summed E-state index contributed by atoms with van der Waals surface area (Å²) in [5.41, 5.74) is 2.16. The van der Waals surface area contributed by atoms with Crippen LogP contribution in [0.3, 0.4) is 0 Å². The average Bonchev–Trinajstić information content (AvgIpc) is 2.41. The van der Waals surface area contributed by atoms with E-state index in [1.165, 1.54) is 0 Å². The lowest BCUT2D eigenvalue weighted by Gasteiger charge is -2.15. The molecule has 1 N–H and O–H groups in total. The first-order valence-corrected chi connectivity index (χ1v) is 6.08. The summed E-state index contributed by atoms with van der Waals surface area (Å²) in [5, 5.41) is 3.20. The van der Waals surface area contributed by atoms with Gasteiger partial charge in [-0.15, -0.1) is 0 Å². The molecular weight excluding hydrogens is 224 g/mol. The summed E-state index contributed by atoms with van der Waals surface area (Å²) < 4.78 is 5.91. The van der Waals surface area contributed by atoms with E-state index in [0.29, 0.717) is 5.88 Å². The van der Waals surface area contributed by atoms with Crippen LogP contribution in [0.4, 0.5) is 0 Å². The van der Waals surface area contributed by atoms with Gasteiger partial charge in [0.2, 0.25) is 5.88 Å². The predicted octanol–water partition coefficient (Wildman–Crippen LogP) is 3.46. The Balaban J connectivity index is 2.32. The molecule has 1 heterocycles. The van der Waals surface area contributed by atoms with Crippen molar-refractivity contribution in [2.45, 2.75) is 19.9 Å². The van der Waals surface area contributed by atoms with Gasteiger partial charge in [0.05, 0.1) is 0 Å². The van der Waals surface area contributed by atoms with E-state index >= 15 is 0 Å². The Morgan fingerprint density at radius 2 is 1.94 bits per heavy atom. The molecule has 0 aliphatic rings. The molecule has 3 nitrogen and oxygen atoms in total. The Labute approximate surface area is 108 Å². The summed E-state index contributed by atoms with van der Waals surface area (Å²) >= 11 is 0. The van der Waals surface area contributed by atoms with Crippen molar-refractivity contribution in [3.05, 3.63) is 53.7 Å². The van der Waals surface area contributed by atoms with Crippen LogP contribution in [0.1, 0.15) is 24.1 Å². The first kappa shape index (κ1) is 12.6. The summed E-state index contributed by atoms with van der Waals surface area (Å²) in [5.74, 6) is 1.51. The average molecular weight is 242 g/mol. The minimum absolute atomic E-state index is 0.206. The van der Waals surface area contributed by atoms with Crippen LogP contribution in [-0.2, 0) is 0 Å². The molecule has 2 aromatic rings. The zero-order chi connectivity index (χ0) is 13.0. The van der Waals surface area contributed by atoms with E-state index in [1.807, 2.05) is 50.4 Å². The maximum absolute atomic E-state index is 5.91. The highest BCUT2D eigenvalue weighted by Gasteiger charge is 2.12. The number of hydrogen-bond donors (Lipinski definition) is 1. The van der Waals surface area contributed by atoms with Crippen LogP contribution < -0.4 is 10.1 Å². The molecule has 1 aromatic carbocycles. The van der Waals surface area contributed by atoms with Crippen LogP contribution in [0.2, 0.25) is 0 Å². The third-order valence-electron chi connectivity index (χ3n) is 3.00. The minimum atomic E-state index is 0.206. The fourth-order valence-electron chi connectivity index (χ4n) is 1.75. The number of ether oxygens (including phenoxy) is 1. The van der Waals surface area contributed by atoms with Crippen molar-refractivity contribution in [2.75, 3.05) is 7.05 Å². The van der Waals surface area contributed by atoms with E-state index < -0.39 is 0 Å². The summed E-state index contributed by atoms with van der Waals surface area (Å²) in [4.78, 5) is 4.32. The van der Waals surface area contributed by atoms with E-state index in [4.69, 9.17) is 4.74 Å². The first-order valence-electron chi connectivity index (χ1n) is 6.08. The molecular formula is C15H18N2O. The van der Waals surface area contributed by atoms with Gasteiger partial charge >= 0.3 is 0 Å². The molecule has 94 valence electrons. The highest BCUT2D eigenvalue weighted by atomic mass is 16.5. The monoisotopic (exact) mass is 242 g/mol. The van der Waals surface area contributed by atoms with Gasteiger partial charge in [0.25, 0.3) is 0 Å². The van der Waals surface area contributed by atoms with Crippen molar-refractivity contribution in [3.8, 4) is 11.6 Å². The van der Waals surface area contributed by atoms with Gasteiger partial charge in [-0.05, 0) is 38.6 Å². The number of rotatable bonds is 4. The molecule has 18 heavy (non-hydrogen) atoms. The van der Waals surface area contributed by atoms with Gasteiger partial charge in [-0.25, -0.2) is 4.98 Å². The van der Waals surface area contributed by atoms with Crippen LogP contribution in [0.5, 0.6) is 11.6 Å². The van der Waals surface area contributed by atoms with Crippen molar-refractivity contribution < 1.29 is 4.74 Å². The predicted molar refractivity (Wildman–Crippen MR) is 73.0 cm³/mol. The van der Waals surface area contributed by atoms with Crippen LogP contribution in [0.15, 0.2) is 42.6 Å². The van der Waals surface area contributed by atoms with Gasteiger partial charge in [-0.2, -0.15) is 0 Å². The lowest BCUT2D eigenvalue weighted by atomic mass is 10.1. The molecule has 0 amide bonds. The Hall–Kier alpha value is -1.87. The lowest BCUT2D eigenvalue weighted by Crippen LogP contribution is -2.13. The highest BCUT2D eigenvalue weighted by molar-refractivity contribution is 5.38. The normalized spacial score (nSPS) is 12.2. The Morgan fingerprint density at radius 3 is 2.67 bits per heavy atom. The number of aromatic nitrogens is 1. The Kier molecular flexibility index (Phi) is 3.95.